The highest BCUT2D eigenvalue weighted by Crippen LogP contribution is 2.43. The van der Waals surface area contributed by atoms with E-state index in [-0.39, 0.29) is 0 Å². The predicted octanol–water partition coefficient (Wildman–Crippen LogP) is 16.4. The molecule has 0 saturated carbocycles. The predicted molar refractivity (Wildman–Crippen MR) is 265 cm³/mol. The third-order valence-corrected chi connectivity index (χ3v) is 11.3. The maximum Gasteiger partial charge on any atom is 0.0723 e. The summed E-state index contributed by atoms with van der Waals surface area (Å²) in [5.41, 5.74) is 15.1. The fourth-order valence-electron chi connectivity index (χ4n) is 8.31. The zero-order valence-electron chi connectivity index (χ0n) is 35.0. The molecule has 0 aliphatic rings. The van der Waals surface area contributed by atoms with Gasteiger partial charge in [-0.25, -0.2) is 0 Å². The highest BCUT2D eigenvalue weighted by Gasteiger charge is 2.20. The lowest BCUT2D eigenvalue weighted by molar-refractivity contribution is 1.24. The van der Waals surface area contributed by atoms with Gasteiger partial charge in [0.2, 0.25) is 0 Å². The second kappa shape index (κ2) is 17.7. The normalized spacial score (nSPS) is 10.9. The molecule has 5 nitrogen and oxygen atoms in total. The average molecular weight is 812 g/mol. The maximum absolute atomic E-state index is 4.66. The molecule has 0 spiro atoms. The first-order valence-electron chi connectivity index (χ1n) is 21.3. The summed E-state index contributed by atoms with van der Waals surface area (Å²) in [7, 11) is 0. The lowest BCUT2D eigenvalue weighted by Gasteiger charge is -2.30. The lowest BCUT2D eigenvalue weighted by atomic mass is 10.1. The highest BCUT2D eigenvalue weighted by molar-refractivity contribution is 5.97. The Kier molecular flexibility index (Phi) is 10.9. The smallest absolute Gasteiger partial charge is 0.0723 e. The summed E-state index contributed by atoms with van der Waals surface area (Å²) in [4.78, 5) is 13.9. The zero-order chi connectivity index (χ0) is 42.4. The van der Waals surface area contributed by atoms with Gasteiger partial charge in [-0.05, 0) is 165 Å². The Morgan fingerprint density at radius 1 is 0.254 bits per heavy atom. The van der Waals surface area contributed by atoms with E-state index in [1.807, 2.05) is 12.3 Å². The molecule has 0 saturated heterocycles. The van der Waals surface area contributed by atoms with Crippen molar-refractivity contribution in [1.29, 1.82) is 0 Å². The number of pyridine rings is 1. The average Bonchev–Trinajstić information content (AvgIpc) is 3.35. The SMILES string of the molecule is Cc1ccc(N(c2ccccc2)c2ccc(N(c3ccccc3)c3ccc(N(c4ccccc4)c4ccc(N(c5ccccc5)c5cccc6ncccc56)cc4)cc3)cc2)cc1. The first kappa shape index (κ1) is 38.8. The van der Waals surface area contributed by atoms with Crippen LogP contribution in [0.25, 0.3) is 10.9 Å². The van der Waals surface area contributed by atoms with Crippen molar-refractivity contribution in [3.8, 4) is 0 Å². The minimum atomic E-state index is 0.960. The molecule has 0 aliphatic carbocycles. The number of hydrogen-bond acceptors (Lipinski definition) is 5. The summed E-state index contributed by atoms with van der Waals surface area (Å²) in [6, 6.07) is 87.9. The molecule has 63 heavy (non-hydrogen) atoms. The van der Waals surface area contributed by atoms with Gasteiger partial charge in [0.1, 0.15) is 0 Å². The van der Waals surface area contributed by atoms with Crippen LogP contribution in [0.1, 0.15) is 5.56 Å². The summed E-state index contributed by atoms with van der Waals surface area (Å²) >= 11 is 0. The van der Waals surface area contributed by atoms with Crippen LogP contribution in [-0.2, 0) is 0 Å². The minimum absolute atomic E-state index is 0.960. The van der Waals surface area contributed by atoms with Crippen LogP contribution < -0.4 is 19.6 Å². The van der Waals surface area contributed by atoms with Crippen molar-refractivity contribution in [2.45, 2.75) is 6.92 Å². The Morgan fingerprint density at radius 3 is 0.921 bits per heavy atom. The molecule has 10 aromatic rings. The van der Waals surface area contributed by atoms with Gasteiger partial charge in [-0.1, -0.05) is 96.6 Å². The van der Waals surface area contributed by atoms with Gasteiger partial charge in [-0.3, -0.25) is 4.98 Å². The monoisotopic (exact) mass is 811 g/mol. The Balaban J connectivity index is 1.00. The molecular weight excluding hydrogens is 767 g/mol. The van der Waals surface area contributed by atoms with E-state index in [1.165, 1.54) is 5.56 Å². The standard InChI is InChI=1S/C58H45N5/c1-44-27-29-49(30-28-44)60(45-16-6-2-7-17-45)50-31-33-51(34-32-50)61(46-18-8-3-9-19-46)52-35-37-53(38-36-52)62(47-20-10-4-11-21-47)54-39-41-55(42-40-54)63(48-22-12-5-13-23-48)58-26-14-25-57-56(58)24-15-43-59-57/h2-43H,1H3. The van der Waals surface area contributed by atoms with Crippen molar-refractivity contribution < 1.29 is 0 Å². The second-order valence-corrected chi connectivity index (χ2v) is 15.4. The first-order valence-corrected chi connectivity index (χ1v) is 21.3. The van der Waals surface area contributed by atoms with Gasteiger partial charge in [-0.2, -0.15) is 0 Å². The molecule has 0 atom stereocenters. The van der Waals surface area contributed by atoms with Crippen molar-refractivity contribution in [2.24, 2.45) is 0 Å². The summed E-state index contributed by atoms with van der Waals surface area (Å²) < 4.78 is 0. The molecule has 302 valence electrons. The number of anilines is 12. The first-order chi connectivity index (χ1) is 31.2. The van der Waals surface area contributed by atoms with E-state index >= 15 is 0 Å². The van der Waals surface area contributed by atoms with Gasteiger partial charge in [0.05, 0.1) is 11.2 Å². The highest BCUT2D eigenvalue weighted by atomic mass is 15.2. The van der Waals surface area contributed by atoms with Crippen molar-refractivity contribution in [1.82, 2.24) is 4.98 Å². The Morgan fingerprint density at radius 2 is 0.556 bits per heavy atom. The fraction of sp³-hybridized carbons (Fsp3) is 0.0172. The Bertz CT molecular complexity index is 3030. The molecule has 0 unspecified atom stereocenters. The van der Waals surface area contributed by atoms with Gasteiger partial charge in [0.15, 0.2) is 0 Å². The van der Waals surface area contributed by atoms with E-state index in [0.717, 1.165) is 79.2 Å². The number of hydrogen-bond donors (Lipinski definition) is 0. The number of aryl methyl sites for hydroxylation is 1. The molecule has 10 rings (SSSR count). The van der Waals surface area contributed by atoms with Crippen LogP contribution in [-0.4, -0.2) is 4.98 Å². The van der Waals surface area contributed by atoms with Crippen molar-refractivity contribution in [3.05, 3.63) is 260 Å². The van der Waals surface area contributed by atoms with E-state index in [9.17, 15) is 0 Å². The Labute approximate surface area is 369 Å². The van der Waals surface area contributed by atoms with Crippen molar-refractivity contribution in [3.63, 3.8) is 0 Å². The number of fused-ring (bicyclic) bond motifs is 1. The van der Waals surface area contributed by atoms with Gasteiger partial charge in [0.25, 0.3) is 0 Å². The number of nitrogens with zero attached hydrogens (tertiary/aromatic N) is 5. The zero-order valence-corrected chi connectivity index (χ0v) is 35.0. The summed E-state index contributed by atoms with van der Waals surface area (Å²) in [5, 5.41) is 1.09. The van der Waals surface area contributed by atoms with Crippen molar-refractivity contribution >= 4 is 79.2 Å². The number of para-hydroxylation sites is 4. The van der Waals surface area contributed by atoms with Crippen LogP contribution in [0.15, 0.2) is 255 Å². The Hall–Kier alpha value is -8.41. The third-order valence-electron chi connectivity index (χ3n) is 11.3. The quantitative estimate of drug-likeness (QED) is 0.122. The molecule has 0 bridgehead atoms. The van der Waals surface area contributed by atoms with Crippen LogP contribution in [0, 0.1) is 6.92 Å². The molecular formula is C58H45N5. The van der Waals surface area contributed by atoms with Crippen LogP contribution in [0.3, 0.4) is 0 Å². The summed E-state index contributed by atoms with van der Waals surface area (Å²) in [6.07, 6.45) is 1.85. The van der Waals surface area contributed by atoms with E-state index in [1.54, 1.807) is 0 Å². The molecule has 1 aromatic heterocycles. The topological polar surface area (TPSA) is 25.9 Å². The van der Waals surface area contributed by atoms with E-state index in [4.69, 9.17) is 0 Å². The third kappa shape index (κ3) is 8.11. The molecule has 9 aromatic carbocycles. The van der Waals surface area contributed by atoms with Gasteiger partial charge in [0, 0.05) is 74.1 Å². The molecule has 0 amide bonds. The maximum atomic E-state index is 4.66. The minimum Gasteiger partial charge on any atom is -0.311 e. The molecule has 0 radical (unpaired) electrons. The second-order valence-electron chi connectivity index (χ2n) is 15.4. The van der Waals surface area contributed by atoms with Crippen molar-refractivity contribution in [2.75, 3.05) is 19.6 Å². The number of rotatable bonds is 12. The van der Waals surface area contributed by atoms with Crippen LogP contribution in [0.5, 0.6) is 0 Å². The van der Waals surface area contributed by atoms with E-state index < -0.39 is 0 Å². The largest absolute Gasteiger partial charge is 0.311 e. The number of aromatic nitrogens is 1. The molecule has 1 heterocycles. The lowest BCUT2D eigenvalue weighted by Crippen LogP contribution is -2.13. The molecule has 0 aliphatic heterocycles. The van der Waals surface area contributed by atoms with Gasteiger partial charge < -0.3 is 19.6 Å². The van der Waals surface area contributed by atoms with Gasteiger partial charge in [-0.15, -0.1) is 0 Å². The van der Waals surface area contributed by atoms with Crippen LogP contribution in [0.2, 0.25) is 0 Å². The van der Waals surface area contributed by atoms with Gasteiger partial charge >= 0.3 is 0 Å². The summed E-state index contributed by atoms with van der Waals surface area (Å²) in [5.74, 6) is 0. The molecule has 0 N–H and O–H groups in total. The van der Waals surface area contributed by atoms with Crippen LogP contribution in [0.4, 0.5) is 68.2 Å². The molecule has 0 fully saturated rings. The van der Waals surface area contributed by atoms with E-state index in [0.29, 0.717) is 0 Å². The summed E-state index contributed by atoms with van der Waals surface area (Å²) in [6.45, 7) is 2.12. The van der Waals surface area contributed by atoms with E-state index in [2.05, 4.69) is 274 Å². The number of benzene rings is 9. The molecule has 5 heteroatoms. The van der Waals surface area contributed by atoms with Crippen LogP contribution >= 0.6 is 0 Å². The fourth-order valence-corrected chi connectivity index (χ4v) is 8.31.